The van der Waals surface area contributed by atoms with Gasteiger partial charge in [-0.1, -0.05) is 19.1 Å². The number of ether oxygens (including phenoxy) is 1. The van der Waals surface area contributed by atoms with Crippen LogP contribution in [0.1, 0.15) is 25.5 Å². The van der Waals surface area contributed by atoms with Crippen LogP contribution in [0.5, 0.6) is 5.75 Å². The topological polar surface area (TPSA) is 73.2 Å². The van der Waals surface area contributed by atoms with Gasteiger partial charge in [-0.25, -0.2) is 9.07 Å². The first kappa shape index (κ1) is 20.3. The van der Waals surface area contributed by atoms with Gasteiger partial charge in [0.25, 0.3) is 0 Å². The molecule has 0 aliphatic heterocycles. The van der Waals surface area contributed by atoms with Crippen LogP contribution < -0.4 is 15.5 Å². The maximum absolute atomic E-state index is 13.4. The number of amides is 1. The maximum Gasteiger partial charge on any atom is 0.225 e. The van der Waals surface area contributed by atoms with Crippen LogP contribution in [-0.4, -0.2) is 22.8 Å². The monoisotopic (exact) mass is 395 g/mol. The smallest absolute Gasteiger partial charge is 0.225 e. The van der Waals surface area contributed by atoms with Gasteiger partial charge in [0.1, 0.15) is 23.1 Å². The van der Waals surface area contributed by atoms with E-state index in [1.165, 1.54) is 36.1 Å². The molecule has 0 saturated heterocycles. The summed E-state index contributed by atoms with van der Waals surface area (Å²) in [7, 11) is 1.54. The van der Waals surface area contributed by atoms with Crippen molar-refractivity contribution in [1.29, 1.82) is 0 Å². The number of anilines is 1. The first-order valence-corrected chi connectivity index (χ1v) is 9.28. The van der Waals surface area contributed by atoms with Gasteiger partial charge >= 0.3 is 0 Å². The molecule has 0 bridgehead atoms. The average molecular weight is 395 g/mol. The van der Waals surface area contributed by atoms with Crippen molar-refractivity contribution in [2.24, 2.45) is 0 Å². The lowest BCUT2D eigenvalue weighted by atomic mass is 10.0. The van der Waals surface area contributed by atoms with Crippen LogP contribution >= 0.6 is 0 Å². The molecule has 0 aliphatic carbocycles. The summed E-state index contributed by atoms with van der Waals surface area (Å²) < 4.78 is 20.2. The Morgan fingerprint density at radius 1 is 1.21 bits per heavy atom. The van der Waals surface area contributed by atoms with Gasteiger partial charge in [0.15, 0.2) is 0 Å². The Balaban J connectivity index is 2.31. The summed E-state index contributed by atoms with van der Waals surface area (Å²) in [6.45, 7) is 3.49. The lowest BCUT2D eigenvalue weighted by Crippen LogP contribution is -2.24. The van der Waals surface area contributed by atoms with Crippen molar-refractivity contribution in [3.8, 4) is 22.6 Å². The Morgan fingerprint density at radius 2 is 1.93 bits per heavy atom. The summed E-state index contributed by atoms with van der Waals surface area (Å²) in [4.78, 5) is 25.5. The van der Waals surface area contributed by atoms with E-state index in [1.807, 2.05) is 6.92 Å². The van der Waals surface area contributed by atoms with Crippen LogP contribution in [0.4, 0.5) is 10.2 Å². The molecule has 29 heavy (non-hydrogen) atoms. The third kappa shape index (κ3) is 4.34. The molecule has 0 radical (unpaired) electrons. The Bertz CT molecular complexity index is 1090. The van der Waals surface area contributed by atoms with Crippen molar-refractivity contribution < 1.29 is 13.9 Å². The number of aryl methyl sites for hydroxylation is 1. The molecule has 0 spiro atoms. The molecule has 1 aromatic heterocycles. The van der Waals surface area contributed by atoms with Crippen LogP contribution in [0.15, 0.2) is 53.3 Å². The predicted octanol–water partition coefficient (Wildman–Crippen LogP) is 4.09. The lowest BCUT2D eigenvalue weighted by Gasteiger charge is -2.18. The summed E-state index contributed by atoms with van der Waals surface area (Å²) in [6.07, 6.45) is 0.948. The number of carbonyl (C=O) groups is 1. The number of nitrogens with one attached hydrogen (secondary N) is 1. The molecule has 3 rings (SSSR count). The van der Waals surface area contributed by atoms with E-state index in [0.29, 0.717) is 35.4 Å². The predicted molar refractivity (Wildman–Crippen MR) is 110 cm³/mol. The molecule has 0 aliphatic rings. The number of nitrogens with zero attached hydrogens (tertiary/aromatic N) is 2. The molecule has 6 nitrogen and oxygen atoms in total. The molecular formula is C22H22FN3O3. The fraction of sp³-hybridized carbons (Fsp3) is 0.227. The molecule has 1 N–H and O–H groups in total. The highest BCUT2D eigenvalue weighted by molar-refractivity contribution is 5.94. The minimum Gasteiger partial charge on any atom is -0.497 e. The molecule has 1 heterocycles. The Morgan fingerprint density at radius 3 is 2.59 bits per heavy atom. The summed E-state index contributed by atoms with van der Waals surface area (Å²) in [6, 6.07) is 12.7. The number of methoxy groups -OCH3 is 1. The molecule has 2 aromatic carbocycles. The van der Waals surface area contributed by atoms with Crippen molar-refractivity contribution in [1.82, 2.24) is 9.78 Å². The Labute approximate surface area is 168 Å². The molecule has 7 heteroatoms. The number of halogens is 1. The van der Waals surface area contributed by atoms with Gasteiger partial charge < -0.3 is 10.1 Å². The lowest BCUT2D eigenvalue weighted by molar-refractivity contribution is -0.116. The minimum atomic E-state index is -0.392. The van der Waals surface area contributed by atoms with Crippen LogP contribution in [0.3, 0.4) is 0 Å². The number of rotatable bonds is 6. The second-order valence-corrected chi connectivity index (χ2v) is 6.56. The van der Waals surface area contributed by atoms with E-state index in [9.17, 15) is 14.0 Å². The highest BCUT2D eigenvalue weighted by Crippen LogP contribution is 2.29. The van der Waals surface area contributed by atoms with Crippen molar-refractivity contribution in [2.75, 3.05) is 12.4 Å². The van der Waals surface area contributed by atoms with E-state index >= 15 is 0 Å². The van der Waals surface area contributed by atoms with Gasteiger partial charge in [-0.15, -0.1) is 0 Å². The number of carbonyl (C=O) groups excluding carboxylic acids is 1. The Hall–Kier alpha value is -3.48. The molecule has 0 atom stereocenters. The highest BCUT2D eigenvalue weighted by atomic mass is 19.1. The second kappa shape index (κ2) is 8.68. The quantitative estimate of drug-likeness (QED) is 0.682. The molecule has 0 fully saturated rings. The first-order valence-electron chi connectivity index (χ1n) is 9.28. The van der Waals surface area contributed by atoms with E-state index in [4.69, 9.17) is 4.74 Å². The summed E-state index contributed by atoms with van der Waals surface area (Å²) in [5.41, 5.74) is 1.35. The first-order chi connectivity index (χ1) is 13.9. The summed E-state index contributed by atoms with van der Waals surface area (Å²) in [5, 5.41) is 7.17. The number of benzene rings is 2. The van der Waals surface area contributed by atoms with E-state index < -0.39 is 5.82 Å². The van der Waals surface area contributed by atoms with E-state index in [0.717, 1.165) is 0 Å². The molecule has 150 valence electrons. The minimum absolute atomic E-state index is 0.235. The van der Waals surface area contributed by atoms with Gasteiger partial charge in [-0.2, -0.15) is 5.10 Å². The fourth-order valence-electron chi connectivity index (χ4n) is 2.99. The number of hydrogen-bond acceptors (Lipinski definition) is 4. The van der Waals surface area contributed by atoms with Gasteiger partial charge in [-0.3, -0.25) is 9.59 Å². The van der Waals surface area contributed by atoms with Gasteiger partial charge in [0.2, 0.25) is 11.3 Å². The fourth-order valence-corrected chi connectivity index (χ4v) is 2.99. The van der Waals surface area contributed by atoms with Crippen molar-refractivity contribution in [3.63, 3.8) is 0 Å². The van der Waals surface area contributed by atoms with Gasteiger partial charge in [-0.05, 0) is 55.3 Å². The largest absolute Gasteiger partial charge is 0.497 e. The zero-order valence-electron chi connectivity index (χ0n) is 16.5. The molecular weight excluding hydrogens is 373 g/mol. The zero-order chi connectivity index (χ0) is 21.0. The number of aromatic nitrogens is 2. The van der Waals surface area contributed by atoms with Gasteiger partial charge in [0.05, 0.1) is 18.4 Å². The summed E-state index contributed by atoms with van der Waals surface area (Å²) in [5.74, 6) is 0.183. The molecule has 1 amide bonds. The van der Waals surface area contributed by atoms with E-state index in [-0.39, 0.29) is 22.8 Å². The Kier molecular flexibility index (Phi) is 6.07. The van der Waals surface area contributed by atoms with Crippen LogP contribution in [0.25, 0.3) is 16.8 Å². The molecule has 0 unspecified atom stereocenters. The van der Waals surface area contributed by atoms with Crippen molar-refractivity contribution in [3.05, 3.63) is 70.3 Å². The standard InChI is InChI=1S/C22H22FN3O3/c1-4-6-19(27)24-22-20(15-7-5-8-18(13-15)29-3)21(28)14(2)25-26(22)17-11-9-16(23)10-12-17/h5,7-13H,4,6H2,1-3H3,(H,24,27). The number of hydrogen-bond donors (Lipinski definition) is 1. The normalized spacial score (nSPS) is 10.6. The summed E-state index contributed by atoms with van der Waals surface area (Å²) >= 11 is 0. The third-order valence-corrected chi connectivity index (χ3v) is 4.42. The van der Waals surface area contributed by atoms with E-state index in [1.54, 1.807) is 31.2 Å². The third-order valence-electron chi connectivity index (χ3n) is 4.42. The second-order valence-electron chi connectivity index (χ2n) is 6.56. The van der Waals surface area contributed by atoms with E-state index in [2.05, 4.69) is 10.4 Å². The van der Waals surface area contributed by atoms with Gasteiger partial charge in [0, 0.05) is 6.42 Å². The SMILES string of the molecule is CCCC(=O)Nc1c(-c2cccc(OC)c2)c(=O)c(C)nn1-c1ccc(F)cc1. The van der Waals surface area contributed by atoms with Crippen LogP contribution in [0.2, 0.25) is 0 Å². The van der Waals surface area contributed by atoms with Crippen LogP contribution in [-0.2, 0) is 4.79 Å². The van der Waals surface area contributed by atoms with Crippen LogP contribution in [0, 0.1) is 12.7 Å². The highest BCUT2D eigenvalue weighted by Gasteiger charge is 2.20. The van der Waals surface area contributed by atoms with Crippen molar-refractivity contribution in [2.45, 2.75) is 26.7 Å². The average Bonchev–Trinajstić information content (AvgIpc) is 2.71. The molecule has 3 aromatic rings. The van der Waals surface area contributed by atoms with Crippen molar-refractivity contribution >= 4 is 11.7 Å². The zero-order valence-corrected chi connectivity index (χ0v) is 16.5. The maximum atomic E-state index is 13.4. The molecule has 0 saturated carbocycles.